The number of ether oxygens (including phenoxy) is 1. The van der Waals surface area contributed by atoms with Crippen LogP contribution >= 0.6 is 24.0 Å². The molecule has 0 radical (unpaired) electrons. The van der Waals surface area contributed by atoms with E-state index in [-0.39, 0.29) is 17.4 Å². The van der Waals surface area contributed by atoms with Crippen LogP contribution in [0.2, 0.25) is 0 Å². The fourth-order valence-corrected chi connectivity index (χ4v) is 4.95. The summed E-state index contributed by atoms with van der Waals surface area (Å²) < 4.78 is 46.0. The molecule has 0 saturated carbocycles. The lowest BCUT2D eigenvalue weighted by atomic mass is 10.0. The number of hydrogen-bond acceptors (Lipinski definition) is 6. The molecule has 1 N–H and O–H groups in total. The van der Waals surface area contributed by atoms with Gasteiger partial charge in [0.05, 0.1) is 27.8 Å². The second kappa shape index (κ2) is 8.06. The van der Waals surface area contributed by atoms with E-state index in [1.165, 1.54) is 23.9 Å². The maximum atomic E-state index is 13.5. The lowest BCUT2D eigenvalue weighted by molar-refractivity contribution is -0.137. The maximum Gasteiger partial charge on any atom is 0.417 e. The Morgan fingerprint density at radius 2 is 1.91 bits per heavy atom. The molecule has 0 bridgehead atoms. The van der Waals surface area contributed by atoms with Crippen LogP contribution in [-0.2, 0) is 11.0 Å². The summed E-state index contributed by atoms with van der Waals surface area (Å²) in [6.07, 6.45) is -4.77. The van der Waals surface area contributed by atoms with Crippen molar-refractivity contribution in [2.75, 3.05) is 16.4 Å². The van der Waals surface area contributed by atoms with Gasteiger partial charge in [0, 0.05) is 11.1 Å². The largest absolute Gasteiger partial charge is 0.458 e. The van der Waals surface area contributed by atoms with Gasteiger partial charge in [0.1, 0.15) is 23.7 Å². The Labute approximate surface area is 196 Å². The second-order valence-corrected chi connectivity index (χ2v) is 9.03. The van der Waals surface area contributed by atoms with E-state index in [2.05, 4.69) is 0 Å². The number of rotatable bonds is 3. The smallest absolute Gasteiger partial charge is 0.417 e. The first-order valence-corrected chi connectivity index (χ1v) is 10.9. The minimum atomic E-state index is -4.77. The molecule has 2 aliphatic heterocycles. The highest BCUT2D eigenvalue weighted by molar-refractivity contribution is 8.02. The molecule has 1 amide bonds. The van der Waals surface area contributed by atoms with Gasteiger partial charge in [0.25, 0.3) is 5.91 Å². The van der Waals surface area contributed by atoms with Gasteiger partial charge in [-0.15, -0.1) is 0 Å². The predicted molar refractivity (Wildman–Crippen MR) is 121 cm³/mol. The summed E-state index contributed by atoms with van der Waals surface area (Å²) in [6, 6.07) is 9.72. The summed E-state index contributed by atoms with van der Waals surface area (Å²) >= 11 is 6.88. The van der Waals surface area contributed by atoms with Crippen LogP contribution in [0.3, 0.4) is 0 Å². The molecule has 2 aromatic rings. The van der Waals surface area contributed by atoms with E-state index in [0.29, 0.717) is 17.2 Å². The Morgan fingerprint density at radius 1 is 1.21 bits per heavy atom. The number of halogens is 3. The van der Waals surface area contributed by atoms with Crippen LogP contribution < -0.4 is 14.5 Å². The van der Waals surface area contributed by atoms with Crippen molar-refractivity contribution in [3.05, 3.63) is 58.7 Å². The van der Waals surface area contributed by atoms with Crippen molar-refractivity contribution < 1.29 is 27.8 Å². The molecule has 2 aromatic carbocycles. The number of aliphatic hydroxyl groups is 1. The number of aliphatic hydroxyl groups excluding tert-OH is 1. The first-order valence-electron chi connectivity index (χ1n) is 9.57. The van der Waals surface area contributed by atoms with E-state index in [9.17, 15) is 23.1 Å². The van der Waals surface area contributed by atoms with Gasteiger partial charge in [-0.1, -0.05) is 11.8 Å². The summed E-state index contributed by atoms with van der Waals surface area (Å²) in [4.78, 5) is 16.6. The first-order chi connectivity index (χ1) is 15.5. The Kier molecular flexibility index (Phi) is 5.64. The molecule has 6 nitrogen and oxygen atoms in total. The van der Waals surface area contributed by atoms with Gasteiger partial charge in [-0.3, -0.25) is 9.69 Å². The van der Waals surface area contributed by atoms with E-state index in [1.54, 1.807) is 42.4 Å². The normalized spacial score (nSPS) is 17.4. The van der Waals surface area contributed by atoms with Gasteiger partial charge >= 0.3 is 6.18 Å². The van der Waals surface area contributed by atoms with Crippen LogP contribution in [0.5, 0.6) is 5.75 Å². The highest BCUT2D eigenvalue weighted by atomic mass is 32.2. The number of anilines is 2. The first kappa shape index (κ1) is 23.1. The Morgan fingerprint density at radius 3 is 2.55 bits per heavy atom. The Hall–Kier alpha value is -3.07. The monoisotopic (exact) mass is 491 g/mol. The summed E-state index contributed by atoms with van der Waals surface area (Å²) in [5, 5.41) is 20.0. The topological polar surface area (TPSA) is 76.8 Å². The van der Waals surface area contributed by atoms with E-state index in [1.807, 2.05) is 0 Å². The van der Waals surface area contributed by atoms with Crippen LogP contribution in [0, 0.1) is 11.3 Å². The highest BCUT2D eigenvalue weighted by Crippen LogP contribution is 2.43. The molecule has 170 valence electrons. The number of benzene rings is 2. The van der Waals surface area contributed by atoms with Gasteiger partial charge in [-0.05, 0) is 62.5 Å². The van der Waals surface area contributed by atoms with E-state index in [4.69, 9.17) is 22.2 Å². The molecule has 1 saturated heterocycles. The number of thioether (sulfide) groups is 1. The standard InChI is InChI=1S/C22H16F3N3O3S2/c1-21(2)19(30)27(13-4-3-12(9-26)16(7-13)22(23,24)25)20(32)28(21)14-5-6-17-18(8-14)33-11-15(10-29)31-17/h3-8,11,29H,10H2,1-2H3. The average Bonchev–Trinajstić information content (AvgIpc) is 2.95. The summed E-state index contributed by atoms with van der Waals surface area (Å²) in [5.74, 6) is 0.428. The number of carbonyl (C=O) groups is 1. The van der Waals surface area contributed by atoms with Crippen molar-refractivity contribution in [1.29, 1.82) is 5.26 Å². The fourth-order valence-electron chi connectivity index (χ4n) is 3.64. The van der Waals surface area contributed by atoms with Crippen molar-refractivity contribution in [3.8, 4) is 11.8 Å². The number of nitriles is 1. The summed E-state index contributed by atoms with van der Waals surface area (Å²) in [7, 11) is 0. The van der Waals surface area contributed by atoms with Crippen molar-refractivity contribution in [2.24, 2.45) is 0 Å². The van der Waals surface area contributed by atoms with Crippen LogP contribution in [-0.4, -0.2) is 28.3 Å². The van der Waals surface area contributed by atoms with Gasteiger partial charge in [-0.2, -0.15) is 18.4 Å². The number of hydrogen-bond donors (Lipinski definition) is 1. The number of nitrogens with zero attached hydrogens (tertiary/aromatic N) is 3. The third-order valence-electron chi connectivity index (χ3n) is 5.25. The van der Waals surface area contributed by atoms with E-state index >= 15 is 0 Å². The number of amides is 1. The van der Waals surface area contributed by atoms with Gasteiger partial charge in [0.2, 0.25) is 0 Å². The minimum Gasteiger partial charge on any atom is -0.458 e. The zero-order valence-electron chi connectivity index (χ0n) is 17.3. The maximum absolute atomic E-state index is 13.5. The minimum absolute atomic E-state index is 0.0103. The average molecular weight is 492 g/mol. The van der Waals surface area contributed by atoms with Crippen LogP contribution in [0.4, 0.5) is 24.5 Å². The van der Waals surface area contributed by atoms with Crippen molar-refractivity contribution >= 4 is 46.4 Å². The molecule has 0 aliphatic carbocycles. The second-order valence-electron chi connectivity index (χ2n) is 7.75. The Balaban J connectivity index is 1.75. The van der Waals surface area contributed by atoms with Crippen molar-refractivity contribution in [1.82, 2.24) is 0 Å². The molecule has 0 spiro atoms. The number of thiocarbonyl (C=S) groups is 1. The Bertz CT molecular complexity index is 1250. The lowest BCUT2D eigenvalue weighted by Gasteiger charge is -2.30. The molecule has 4 rings (SSSR count). The van der Waals surface area contributed by atoms with Crippen LogP contribution in [0.15, 0.2) is 52.5 Å². The zero-order chi connectivity index (χ0) is 24.1. The molecule has 0 aromatic heterocycles. The van der Waals surface area contributed by atoms with E-state index in [0.717, 1.165) is 21.9 Å². The number of carbonyl (C=O) groups excluding carboxylic acids is 1. The SMILES string of the molecule is CC1(C)C(=O)N(c2ccc(C#N)c(C(F)(F)F)c2)C(=S)N1c1ccc2c(c1)SC=C(CO)O2. The molecular weight excluding hydrogens is 475 g/mol. The molecular formula is C22H16F3N3O3S2. The van der Waals surface area contributed by atoms with Gasteiger partial charge in [-0.25, -0.2) is 0 Å². The van der Waals surface area contributed by atoms with Crippen molar-refractivity contribution in [2.45, 2.75) is 30.5 Å². The fraction of sp³-hybridized carbons (Fsp3) is 0.227. The third kappa shape index (κ3) is 3.84. The molecule has 11 heteroatoms. The third-order valence-corrected chi connectivity index (χ3v) is 6.57. The molecule has 2 heterocycles. The molecule has 1 fully saturated rings. The number of alkyl halides is 3. The molecule has 2 aliphatic rings. The summed E-state index contributed by atoms with van der Waals surface area (Å²) in [5.41, 5.74) is -2.38. The van der Waals surface area contributed by atoms with Crippen LogP contribution in [0.1, 0.15) is 25.0 Å². The molecule has 0 unspecified atom stereocenters. The van der Waals surface area contributed by atoms with E-state index < -0.39 is 28.7 Å². The van der Waals surface area contributed by atoms with Crippen molar-refractivity contribution in [3.63, 3.8) is 0 Å². The highest BCUT2D eigenvalue weighted by Gasteiger charge is 2.50. The van der Waals surface area contributed by atoms with Gasteiger partial charge < -0.3 is 14.7 Å². The summed E-state index contributed by atoms with van der Waals surface area (Å²) in [6.45, 7) is 3.01. The quantitative estimate of drug-likeness (QED) is 0.618. The zero-order valence-corrected chi connectivity index (χ0v) is 18.9. The van der Waals surface area contributed by atoms with Gasteiger partial charge in [0.15, 0.2) is 5.11 Å². The molecule has 33 heavy (non-hydrogen) atoms. The molecule has 0 atom stereocenters. The predicted octanol–water partition coefficient (Wildman–Crippen LogP) is 4.81. The lowest BCUT2D eigenvalue weighted by Crippen LogP contribution is -2.44. The number of fused-ring (bicyclic) bond motifs is 1. The van der Waals surface area contributed by atoms with Crippen LogP contribution in [0.25, 0.3) is 0 Å².